The summed E-state index contributed by atoms with van der Waals surface area (Å²) in [6.07, 6.45) is 3.53. The smallest absolute Gasteiger partial charge is 0.340 e. The number of ether oxygens (including phenoxy) is 1. The van der Waals surface area contributed by atoms with E-state index in [2.05, 4.69) is 19.2 Å². The standard InChI is InChI=1S/C15H22N2O2/c1-15(2)7-6-11(9-15)17-10-4-5-13(16)12(8-10)14(18)19-3/h4-5,8,11,17H,6-7,9,16H2,1-3H3. The lowest BCUT2D eigenvalue weighted by Crippen LogP contribution is -2.18. The van der Waals surface area contributed by atoms with Gasteiger partial charge in [-0.2, -0.15) is 0 Å². The van der Waals surface area contributed by atoms with Crippen LogP contribution >= 0.6 is 0 Å². The predicted molar refractivity (Wildman–Crippen MR) is 77.2 cm³/mol. The minimum Gasteiger partial charge on any atom is -0.465 e. The molecule has 0 radical (unpaired) electrons. The van der Waals surface area contributed by atoms with E-state index in [9.17, 15) is 4.79 Å². The Hall–Kier alpha value is -1.71. The molecule has 1 aliphatic rings. The van der Waals surface area contributed by atoms with Crippen LogP contribution in [0.15, 0.2) is 18.2 Å². The van der Waals surface area contributed by atoms with Crippen molar-refractivity contribution in [2.75, 3.05) is 18.2 Å². The Morgan fingerprint density at radius 3 is 2.79 bits per heavy atom. The van der Waals surface area contributed by atoms with Crippen LogP contribution in [-0.2, 0) is 4.74 Å². The van der Waals surface area contributed by atoms with E-state index in [1.54, 1.807) is 12.1 Å². The van der Waals surface area contributed by atoms with Crippen LogP contribution in [0.1, 0.15) is 43.5 Å². The van der Waals surface area contributed by atoms with Crippen molar-refractivity contribution < 1.29 is 9.53 Å². The number of carbonyl (C=O) groups is 1. The van der Waals surface area contributed by atoms with Gasteiger partial charge < -0.3 is 15.8 Å². The third-order valence-electron chi connectivity index (χ3n) is 3.80. The van der Waals surface area contributed by atoms with Gasteiger partial charge in [-0.15, -0.1) is 0 Å². The van der Waals surface area contributed by atoms with Crippen molar-refractivity contribution >= 4 is 17.3 Å². The number of nitrogen functional groups attached to an aromatic ring is 1. The quantitative estimate of drug-likeness (QED) is 0.649. The van der Waals surface area contributed by atoms with Crippen molar-refractivity contribution in [1.82, 2.24) is 0 Å². The molecular formula is C15H22N2O2. The van der Waals surface area contributed by atoms with Gasteiger partial charge in [0.2, 0.25) is 0 Å². The predicted octanol–water partition coefficient (Wildman–Crippen LogP) is 3.05. The molecule has 104 valence electrons. The molecule has 1 saturated carbocycles. The fourth-order valence-electron chi connectivity index (χ4n) is 2.73. The van der Waals surface area contributed by atoms with Gasteiger partial charge in [-0.1, -0.05) is 13.8 Å². The fourth-order valence-corrected chi connectivity index (χ4v) is 2.73. The third-order valence-corrected chi connectivity index (χ3v) is 3.80. The lowest BCUT2D eigenvalue weighted by atomic mass is 9.92. The number of hydrogen-bond donors (Lipinski definition) is 2. The number of rotatable bonds is 3. The largest absolute Gasteiger partial charge is 0.465 e. The number of anilines is 2. The van der Waals surface area contributed by atoms with Crippen molar-refractivity contribution in [3.05, 3.63) is 23.8 Å². The number of hydrogen-bond acceptors (Lipinski definition) is 4. The normalized spacial score (nSPS) is 21.1. The average molecular weight is 262 g/mol. The van der Waals surface area contributed by atoms with Crippen LogP contribution in [0, 0.1) is 5.41 Å². The van der Waals surface area contributed by atoms with Crippen LogP contribution in [0.3, 0.4) is 0 Å². The first-order valence-corrected chi connectivity index (χ1v) is 6.66. The van der Waals surface area contributed by atoms with Crippen LogP contribution in [-0.4, -0.2) is 19.1 Å². The Morgan fingerprint density at radius 2 is 2.21 bits per heavy atom. The van der Waals surface area contributed by atoms with E-state index < -0.39 is 5.97 Å². The summed E-state index contributed by atoms with van der Waals surface area (Å²) in [7, 11) is 1.36. The van der Waals surface area contributed by atoms with E-state index in [1.165, 1.54) is 13.5 Å². The maximum atomic E-state index is 11.6. The van der Waals surface area contributed by atoms with Crippen molar-refractivity contribution in [2.24, 2.45) is 5.41 Å². The van der Waals surface area contributed by atoms with E-state index in [0.29, 0.717) is 22.7 Å². The van der Waals surface area contributed by atoms with Crippen molar-refractivity contribution in [1.29, 1.82) is 0 Å². The molecule has 2 rings (SSSR count). The topological polar surface area (TPSA) is 64.3 Å². The summed E-state index contributed by atoms with van der Waals surface area (Å²) in [5, 5.41) is 3.48. The summed E-state index contributed by atoms with van der Waals surface area (Å²) in [4.78, 5) is 11.6. The fraction of sp³-hybridized carbons (Fsp3) is 0.533. The monoisotopic (exact) mass is 262 g/mol. The molecule has 0 bridgehead atoms. The molecule has 19 heavy (non-hydrogen) atoms. The van der Waals surface area contributed by atoms with Gasteiger partial charge in [0.25, 0.3) is 0 Å². The summed E-state index contributed by atoms with van der Waals surface area (Å²) >= 11 is 0. The van der Waals surface area contributed by atoms with Crippen LogP contribution in [0.25, 0.3) is 0 Å². The first kappa shape index (κ1) is 13.7. The molecule has 0 heterocycles. The highest BCUT2D eigenvalue weighted by Crippen LogP contribution is 2.38. The summed E-state index contributed by atoms with van der Waals surface area (Å²) < 4.78 is 4.73. The van der Waals surface area contributed by atoms with E-state index in [4.69, 9.17) is 10.5 Å². The Morgan fingerprint density at radius 1 is 1.47 bits per heavy atom. The van der Waals surface area contributed by atoms with Gasteiger partial charge in [0.1, 0.15) is 0 Å². The molecule has 4 nitrogen and oxygen atoms in total. The second kappa shape index (κ2) is 5.11. The highest BCUT2D eigenvalue weighted by molar-refractivity contribution is 5.96. The molecule has 0 aliphatic heterocycles. The minimum absolute atomic E-state index is 0.395. The molecule has 0 aromatic heterocycles. The van der Waals surface area contributed by atoms with Gasteiger partial charge in [0, 0.05) is 17.4 Å². The zero-order chi connectivity index (χ0) is 14.0. The zero-order valence-corrected chi connectivity index (χ0v) is 11.8. The first-order valence-electron chi connectivity index (χ1n) is 6.66. The Kier molecular flexibility index (Phi) is 3.69. The van der Waals surface area contributed by atoms with Gasteiger partial charge in [0.05, 0.1) is 12.7 Å². The minimum atomic E-state index is -0.395. The molecule has 3 N–H and O–H groups in total. The molecule has 0 amide bonds. The number of nitrogens with one attached hydrogen (secondary N) is 1. The molecule has 0 spiro atoms. The van der Waals surface area contributed by atoms with Crippen molar-refractivity contribution in [2.45, 2.75) is 39.2 Å². The molecular weight excluding hydrogens is 240 g/mol. The number of methoxy groups -OCH3 is 1. The van der Waals surface area contributed by atoms with Crippen molar-refractivity contribution in [3.8, 4) is 0 Å². The highest BCUT2D eigenvalue weighted by Gasteiger charge is 2.30. The van der Waals surface area contributed by atoms with Crippen LogP contribution < -0.4 is 11.1 Å². The Balaban J connectivity index is 2.12. The molecule has 1 aliphatic carbocycles. The van der Waals surface area contributed by atoms with Gasteiger partial charge >= 0.3 is 5.97 Å². The van der Waals surface area contributed by atoms with E-state index in [-0.39, 0.29) is 0 Å². The summed E-state index contributed by atoms with van der Waals surface area (Å²) in [6, 6.07) is 5.89. The lowest BCUT2D eigenvalue weighted by Gasteiger charge is -2.19. The van der Waals surface area contributed by atoms with Crippen LogP contribution in [0.2, 0.25) is 0 Å². The van der Waals surface area contributed by atoms with Crippen LogP contribution in [0.4, 0.5) is 11.4 Å². The zero-order valence-electron chi connectivity index (χ0n) is 11.8. The first-order chi connectivity index (χ1) is 8.91. The molecule has 1 aromatic rings. The SMILES string of the molecule is COC(=O)c1cc(NC2CCC(C)(C)C2)ccc1N. The molecule has 1 atom stereocenters. The molecule has 1 fully saturated rings. The second-order valence-electron chi connectivity index (χ2n) is 6.04. The average Bonchev–Trinajstić information content (AvgIpc) is 2.70. The van der Waals surface area contributed by atoms with Gasteiger partial charge in [-0.3, -0.25) is 0 Å². The molecule has 0 saturated heterocycles. The highest BCUT2D eigenvalue weighted by atomic mass is 16.5. The molecule has 1 aromatic carbocycles. The Bertz CT molecular complexity index is 483. The summed E-state index contributed by atoms with van der Waals surface area (Å²) in [6.45, 7) is 4.58. The van der Waals surface area contributed by atoms with Gasteiger partial charge in [0.15, 0.2) is 0 Å². The Labute approximate surface area is 114 Å². The third kappa shape index (κ3) is 3.19. The maximum Gasteiger partial charge on any atom is 0.340 e. The van der Waals surface area contributed by atoms with E-state index in [0.717, 1.165) is 18.5 Å². The van der Waals surface area contributed by atoms with Crippen molar-refractivity contribution in [3.63, 3.8) is 0 Å². The molecule has 4 heteroatoms. The number of nitrogens with two attached hydrogens (primary N) is 1. The second-order valence-corrected chi connectivity index (χ2v) is 6.04. The summed E-state index contributed by atoms with van der Waals surface area (Å²) in [5.41, 5.74) is 7.99. The van der Waals surface area contributed by atoms with Crippen LogP contribution in [0.5, 0.6) is 0 Å². The van der Waals surface area contributed by atoms with Gasteiger partial charge in [-0.25, -0.2) is 4.79 Å². The van der Waals surface area contributed by atoms with E-state index >= 15 is 0 Å². The van der Waals surface area contributed by atoms with Gasteiger partial charge in [-0.05, 0) is 42.9 Å². The van der Waals surface area contributed by atoms with E-state index in [1.807, 2.05) is 6.07 Å². The number of benzene rings is 1. The maximum absolute atomic E-state index is 11.6. The lowest BCUT2D eigenvalue weighted by molar-refractivity contribution is 0.0602. The number of carbonyl (C=O) groups excluding carboxylic acids is 1. The molecule has 1 unspecified atom stereocenters. The summed E-state index contributed by atoms with van der Waals surface area (Å²) in [5.74, 6) is -0.395. The number of esters is 1.